The molecule has 3 rings (SSSR count). The van der Waals surface area contributed by atoms with Crippen LogP contribution in [0.2, 0.25) is 0 Å². The summed E-state index contributed by atoms with van der Waals surface area (Å²) >= 11 is 0. The Kier molecular flexibility index (Phi) is 7.30. The first kappa shape index (κ1) is 20.9. The molecule has 0 bridgehead atoms. The predicted octanol–water partition coefficient (Wildman–Crippen LogP) is 2.21. The molecule has 7 nitrogen and oxygen atoms in total. The number of ether oxygens (including phenoxy) is 2. The Balaban J connectivity index is 1.55. The van der Waals surface area contributed by atoms with E-state index in [2.05, 4.69) is 27.0 Å². The molecule has 0 spiro atoms. The Morgan fingerprint density at radius 2 is 1.83 bits per heavy atom. The lowest BCUT2D eigenvalue weighted by molar-refractivity contribution is 0.0954. The van der Waals surface area contributed by atoms with E-state index in [4.69, 9.17) is 9.47 Å². The van der Waals surface area contributed by atoms with E-state index in [0.717, 1.165) is 44.1 Å². The topological polar surface area (TPSA) is 66.9 Å². The Hall–Kier alpha value is -2.80. The van der Waals surface area contributed by atoms with Crippen LogP contribution in [0.5, 0.6) is 11.5 Å². The molecule has 1 aromatic heterocycles. The molecule has 2 aromatic rings. The number of hydrogen-bond acceptors (Lipinski definition) is 6. The number of methoxy groups -OCH3 is 2. The molecule has 1 aliphatic rings. The Morgan fingerprint density at radius 3 is 2.52 bits per heavy atom. The Bertz CT molecular complexity index is 819. The zero-order valence-electron chi connectivity index (χ0n) is 17.5. The van der Waals surface area contributed by atoms with Crippen LogP contribution in [0.1, 0.15) is 22.8 Å². The van der Waals surface area contributed by atoms with Crippen molar-refractivity contribution in [3.63, 3.8) is 0 Å². The summed E-state index contributed by atoms with van der Waals surface area (Å²) in [6, 6.07) is 9.44. The fraction of sp³-hybridized carbons (Fsp3) is 0.455. The average Bonchev–Trinajstić information content (AvgIpc) is 2.79. The summed E-state index contributed by atoms with van der Waals surface area (Å²) in [7, 11) is 3.23. The molecule has 1 fully saturated rings. The van der Waals surface area contributed by atoms with Crippen LogP contribution in [0.15, 0.2) is 36.5 Å². The highest BCUT2D eigenvalue weighted by Gasteiger charge is 2.18. The molecule has 1 aliphatic heterocycles. The van der Waals surface area contributed by atoms with Gasteiger partial charge in [0.25, 0.3) is 5.91 Å². The van der Waals surface area contributed by atoms with Crippen molar-refractivity contribution in [1.82, 2.24) is 15.2 Å². The molecule has 1 N–H and O–H groups in total. The number of likely N-dealkylation sites (N-methyl/N-ethyl adjacent to an activating group) is 1. The SMILES string of the molecule is CCN1CCN(c2cc(C(=O)NCCc3ccc(OC)c(OC)c3)ccn2)CC1. The van der Waals surface area contributed by atoms with Gasteiger partial charge in [-0.15, -0.1) is 0 Å². The second-order valence-corrected chi connectivity index (χ2v) is 7.02. The van der Waals surface area contributed by atoms with E-state index >= 15 is 0 Å². The van der Waals surface area contributed by atoms with Crippen molar-refractivity contribution in [2.75, 3.05) is 58.4 Å². The lowest BCUT2D eigenvalue weighted by Gasteiger charge is -2.34. The Morgan fingerprint density at radius 1 is 1.07 bits per heavy atom. The second kappa shape index (κ2) is 10.1. The van der Waals surface area contributed by atoms with E-state index in [0.29, 0.717) is 30.0 Å². The first-order valence-corrected chi connectivity index (χ1v) is 10.1. The number of hydrogen-bond donors (Lipinski definition) is 1. The van der Waals surface area contributed by atoms with Crippen LogP contribution in [0.4, 0.5) is 5.82 Å². The molecule has 1 aromatic carbocycles. The maximum absolute atomic E-state index is 12.6. The first-order valence-electron chi connectivity index (χ1n) is 10.1. The highest BCUT2D eigenvalue weighted by Crippen LogP contribution is 2.27. The highest BCUT2D eigenvalue weighted by molar-refractivity contribution is 5.94. The number of nitrogens with zero attached hydrogens (tertiary/aromatic N) is 3. The number of amides is 1. The predicted molar refractivity (Wildman–Crippen MR) is 114 cm³/mol. The third-order valence-corrected chi connectivity index (χ3v) is 5.30. The number of nitrogens with one attached hydrogen (secondary N) is 1. The number of aromatic nitrogens is 1. The molecule has 156 valence electrons. The van der Waals surface area contributed by atoms with Crippen molar-refractivity contribution in [3.05, 3.63) is 47.7 Å². The molecule has 1 amide bonds. The minimum Gasteiger partial charge on any atom is -0.493 e. The number of benzene rings is 1. The quantitative estimate of drug-likeness (QED) is 0.736. The molecule has 0 aliphatic carbocycles. The van der Waals surface area contributed by atoms with E-state index in [1.807, 2.05) is 24.3 Å². The molecule has 0 saturated carbocycles. The molecule has 7 heteroatoms. The number of carbonyl (C=O) groups excluding carboxylic acids is 1. The van der Waals surface area contributed by atoms with E-state index < -0.39 is 0 Å². The second-order valence-electron chi connectivity index (χ2n) is 7.02. The van der Waals surface area contributed by atoms with Crippen molar-refractivity contribution in [3.8, 4) is 11.5 Å². The van der Waals surface area contributed by atoms with Gasteiger partial charge >= 0.3 is 0 Å². The third kappa shape index (κ3) is 5.38. The van der Waals surface area contributed by atoms with Gasteiger partial charge in [0.2, 0.25) is 0 Å². The average molecular weight is 399 g/mol. The molecule has 2 heterocycles. The standard InChI is InChI=1S/C22H30N4O3/c1-4-25-11-13-26(14-12-25)21-16-18(8-10-23-21)22(27)24-9-7-17-5-6-19(28-2)20(15-17)29-3/h5-6,8,10,15-16H,4,7,9,11-14H2,1-3H3,(H,24,27). The highest BCUT2D eigenvalue weighted by atomic mass is 16.5. The third-order valence-electron chi connectivity index (χ3n) is 5.30. The van der Waals surface area contributed by atoms with Crippen LogP contribution in [0.3, 0.4) is 0 Å². The van der Waals surface area contributed by atoms with Gasteiger partial charge in [-0.25, -0.2) is 4.98 Å². The number of piperazine rings is 1. The lowest BCUT2D eigenvalue weighted by Crippen LogP contribution is -2.46. The van der Waals surface area contributed by atoms with Gasteiger partial charge in [-0.2, -0.15) is 0 Å². The van der Waals surface area contributed by atoms with Crippen LogP contribution < -0.4 is 19.7 Å². The van der Waals surface area contributed by atoms with Crippen LogP contribution in [0, 0.1) is 0 Å². The van der Waals surface area contributed by atoms with Crippen LogP contribution in [0.25, 0.3) is 0 Å². The molecule has 1 saturated heterocycles. The Labute approximate surface area is 172 Å². The maximum Gasteiger partial charge on any atom is 0.251 e. The van der Waals surface area contributed by atoms with Gasteiger partial charge in [0.15, 0.2) is 11.5 Å². The van der Waals surface area contributed by atoms with Crippen molar-refractivity contribution in [2.24, 2.45) is 0 Å². The van der Waals surface area contributed by atoms with Gasteiger partial charge in [-0.1, -0.05) is 13.0 Å². The van der Waals surface area contributed by atoms with E-state index in [1.54, 1.807) is 26.5 Å². The van der Waals surface area contributed by atoms with Crippen molar-refractivity contribution in [2.45, 2.75) is 13.3 Å². The first-order chi connectivity index (χ1) is 14.1. The van der Waals surface area contributed by atoms with Crippen molar-refractivity contribution in [1.29, 1.82) is 0 Å². The summed E-state index contributed by atoms with van der Waals surface area (Å²) in [5.74, 6) is 2.18. The van der Waals surface area contributed by atoms with Crippen molar-refractivity contribution >= 4 is 11.7 Å². The maximum atomic E-state index is 12.6. The van der Waals surface area contributed by atoms with Gasteiger partial charge in [-0.05, 0) is 42.8 Å². The summed E-state index contributed by atoms with van der Waals surface area (Å²) in [4.78, 5) is 21.7. The summed E-state index contributed by atoms with van der Waals surface area (Å²) in [6.45, 7) is 7.72. The molecular formula is C22H30N4O3. The van der Waals surface area contributed by atoms with E-state index in [9.17, 15) is 4.79 Å². The number of pyridine rings is 1. The van der Waals surface area contributed by atoms with Gasteiger partial charge < -0.3 is 24.6 Å². The number of rotatable bonds is 8. The van der Waals surface area contributed by atoms with Crippen LogP contribution >= 0.6 is 0 Å². The summed E-state index contributed by atoms with van der Waals surface area (Å²) < 4.78 is 10.6. The van der Waals surface area contributed by atoms with Crippen molar-refractivity contribution < 1.29 is 14.3 Å². The molecule has 0 atom stereocenters. The number of anilines is 1. The van der Waals surface area contributed by atoms with E-state index in [-0.39, 0.29) is 5.91 Å². The van der Waals surface area contributed by atoms with Gasteiger partial charge in [0, 0.05) is 44.5 Å². The van der Waals surface area contributed by atoms with Gasteiger partial charge in [0.1, 0.15) is 5.82 Å². The van der Waals surface area contributed by atoms with Gasteiger partial charge in [0.05, 0.1) is 14.2 Å². The summed E-state index contributed by atoms with van der Waals surface area (Å²) in [6.07, 6.45) is 2.42. The van der Waals surface area contributed by atoms with E-state index in [1.165, 1.54) is 0 Å². The lowest BCUT2D eigenvalue weighted by atomic mass is 10.1. The van der Waals surface area contributed by atoms with Gasteiger partial charge in [-0.3, -0.25) is 4.79 Å². The normalized spacial score (nSPS) is 14.5. The number of carbonyl (C=O) groups is 1. The molecule has 0 unspecified atom stereocenters. The smallest absolute Gasteiger partial charge is 0.251 e. The zero-order chi connectivity index (χ0) is 20.6. The van der Waals surface area contributed by atoms with Crippen LogP contribution in [-0.2, 0) is 6.42 Å². The molecular weight excluding hydrogens is 368 g/mol. The fourth-order valence-electron chi connectivity index (χ4n) is 3.48. The monoisotopic (exact) mass is 398 g/mol. The minimum atomic E-state index is -0.0821. The molecule has 0 radical (unpaired) electrons. The summed E-state index contributed by atoms with van der Waals surface area (Å²) in [5, 5.41) is 2.99. The van der Waals surface area contributed by atoms with Crippen LogP contribution in [-0.4, -0.2) is 69.3 Å². The summed E-state index contributed by atoms with van der Waals surface area (Å²) in [5.41, 5.74) is 1.72. The minimum absolute atomic E-state index is 0.0821. The largest absolute Gasteiger partial charge is 0.493 e. The molecule has 29 heavy (non-hydrogen) atoms. The fourth-order valence-corrected chi connectivity index (χ4v) is 3.48. The zero-order valence-corrected chi connectivity index (χ0v) is 17.5.